The van der Waals surface area contributed by atoms with Gasteiger partial charge in [0.25, 0.3) is 11.8 Å². The van der Waals surface area contributed by atoms with Crippen LogP contribution in [0.4, 0.5) is 5.69 Å². The molecule has 0 radical (unpaired) electrons. The predicted octanol–water partition coefficient (Wildman–Crippen LogP) is 1.21. The Morgan fingerprint density at radius 2 is 1.93 bits per heavy atom. The maximum absolute atomic E-state index is 12.5. The first-order valence-electron chi connectivity index (χ1n) is 8.68. The standard InChI is InChI=1S/C19H22N4O4/c1-2-27-19(26)14-7-9-23(10-8-14)18(25)15(11-20)12-22-17(24)13-3-5-16(21)6-4-13/h3-6,12,14H,2,7-10,21H2,1H3,(H,22,24)/b15-12-. The average molecular weight is 370 g/mol. The summed E-state index contributed by atoms with van der Waals surface area (Å²) in [5, 5.41) is 11.7. The normalized spacial score (nSPS) is 15.0. The van der Waals surface area contributed by atoms with Crippen LogP contribution in [-0.2, 0) is 14.3 Å². The average Bonchev–Trinajstić information content (AvgIpc) is 2.69. The van der Waals surface area contributed by atoms with Crippen molar-refractivity contribution in [2.45, 2.75) is 19.8 Å². The van der Waals surface area contributed by atoms with Gasteiger partial charge < -0.3 is 20.7 Å². The molecule has 1 fully saturated rings. The zero-order chi connectivity index (χ0) is 19.8. The van der Waals surface area contributed by atoms with E-state index in [-0.39, 0.29) is 17.5 Å². The zero-order valence-corrected chi connectivity index (χ0v) is 15.1. The number of benzene rings is 1. The van der Waals surface area contributed by atoms with Crippen LogP contribution in [-0.4, -0.2) is 42.4 Å². The van der Waals surface area contributed by atoms with Crippen LogP contribution in [0.2, 0.25) is 0 Å². The molecule has 142 valence electrons. The first-order valence-corrected chi connectivity index (χ1v) is 8.68. The Bertz CT molecular complexity index is 772. The number of hydrogen-bond donors (Lipinski definition) is 2. The SMILES string of the molecule is CCOC(=O)C1CCN(C(=O)/C(C#N)=C\NC(=O)c2ccc(N)cc2)CC1. The molecule has 8 nitrogen and oxygen atoms in total. The van der Waals surface area contributed by atoms with Crippen LogP contribution < -0.4 is 11.1 Å². The summed E-state index contributed by atoms with van der Waals surface area (Å²) >= 11 is 0. The van der Waals surface area contributed by atoms with E-state index in [9.17, 15) is 19.6 Å². The Hall–Kier alpha value is -3.34. The van der Waals surface area contributed by atoms with Gasteiger partial charge in [0.1, 0.15) is 11.6 Å². The number of nitriles is 1. The summed E-state index contributed by atoms with van der Waals surface area (Å²) in [6.07, 6.45) is 2.08. The lowest BCUT2D eigenvalue weighted by Crippen LogP contribution is -2.41. The largest absolute Gasteiger partial charge is 0.466 e. The fraction of sp³-hybridized carbons (Fsp3) is 0.368. The van der Waals surface area contributed by atoms with E-state index in [1.165, 1.54) is 4.90 Å². The third kappa shape index (κ3) is 5.31. The van der Waals surface area contributed by atoms with Gasteiger partial charge in [-0.2, -0.15) is 5.26 Å². The molecule has 8 heteroatoms. The first kappa shape index (κ1) is 20.0. The molecule has 2 rings (SSSR count). The van der Waals surface area contributed by atoms with Gasteiger partial charge in [0.15, 0.2) is 0 Å². The fourth-order valence-electron chi connectivity index (χ4n) is 2.75. The van der Waals surface area contributed by atoms with Crippen molar-refractivity contribution in [3.8, 4) is 6.07 Å². The van der Waals surface area contributed by atoms with E-state index < -0.39 is 11.8 Å². The number of nitrogens with one attached hydrogen (secondary N) is 1. The highest BCUT2D eigenvalue weighted by atomic mass is 16.5. The van der Waals surface area contributed by atoms with Crippen molar-refractivity contribution in [3.05, 3.63) is 41.6 Å². The van der Waals surface area contributed by atoms with Gasteiger partial charge in [0, 0.05) is 30.5 Å². The van der Waals surface area contributed by atoms with Crippen molar-refractivity contribution < 1.29 is 19.1 Å². The number of nitrogens with zero attached hydrogens (tertiary/aromatic N) is 2. The van der Waals surface area contributed by atoms with E-state index in [0.717, 1.165) is 6.20 Å². The highest BCUT2D eigenvalue weighted by molar-refractivity contribution is 5.99. The van der Waals surface area contributed by atoms with Crippen molar-refractivity contribution in [1.82, 2.24) is 10.2 Å². The highest BCUT2D eigenvalue weighted by Gasteiger charge is 2.29. The Morgan fingerprint density at radius 1 is 1.30 bits per heavy atom. The number of likely N-dealkylation sites (tertiary alicyclic amines) is 1. The van der Waals surface area contributed by atoms with Crippen LogP contribution in [0, 0.1) is 17.2 Å². The number of hydrogen-bond acceptors (Lipinski definition) is 6. The summed E-state index contributed by atoms with van der Waals surface area (Å²) < 4.78 is 5.00. The fourth-order valence-corrected chi connectivity index (χ4v) is 2.75. The van der Waals surface area contributed by atoms with E-state index in [1.54, 1.807) is 31.2 Å². The van der Waals surface area contributed by atoms with E-state index in [2.05, 4.69) is 5.32 Å². The van der Waals surface area contributed by atoms with Gasteiger partial charge in [-0.1, -0.05) is 0 Å². The monoisotopic (exact) mass is 370 g/mol. The van der Waals surface area contributed by atoms with Crippen molar-refractivity contribution in [3.63, 3.8) is 0 Å². The van der Waals surface area contributed by atoms with Crippen molar-refractivity contribution in [2.24, 2.45) is 5.92 Å². The molecule has 1 aliphatic rings. The third-order valence-electron chi connectivity index (χ3n) is 4.27. The molecule has 27 heavy (non-hydrogen) atoms. The second kappa shape index (κ2) is 9.38. The number of ether oxygens (including phenoxy) is 1. The molecule has 0 aliphatic carbocycles. The first-order chi connectivity index (χ1) is 13.0. The summed E-state index contributed by atoms with van der Waals surface area (Å²) in [4.78, 5) is 37.8. The molecular weight excluding hydrogens is 348 g/mol. The van der Waals surface area contributed by atoms with Crippen molar-refractivity contribution in [1.29, 1.82) is 5.26 Å². The van der Waals surface area contributed by atoms with Crippen LogP contribution in [0.3, 0.4) is 0 Å². The maximum atomic E-state index is 12.5. The lowest BCUT2D eigenvalue weighted by molar-refractivity contribution is -0.150. The van der Waals surface area contributed by atoms with E-state index in [0.29, 0.717) is 43.8 Å². The molecule has 1 heterocycles. The minimum Gasteiger partial charge on any atom is -0.466 e. The van der Waals surface area contributed by atoms with Gasteiger partial charge in [0.05, 0.1) is 12.5 Å². The van der Waals surface area contributed by atoms with E-state index >= 15 is 0 Å². The van der Waals surface area contributed by atoms with Gasteiger partial charge in [0.2, 0.25) is 0 Å². The molecular formula is C19H22N4O4. The van der Waals surface area contributed by atoms with Crippen LogP contribution >= 0.6 is 0 Å². The lowest BCUT2D eigenvalue weighted by Gasteiger charge is -2.30. The highest BCUT2D eigenvalue weighted by Crippen LogP contribution is 2.20. The molecule has 0 atom stereocenters. The summed E-state index contributed by atoms with van der Waals surface area (Å²) in [7, 11) is 0. The number of nitrogen functional groups attached to an aromatic ring is 1. The molecule has 2 amide bonds. The Kier molecular flexibility index (Phi) is 6.94. The second-order valence-electron chi connectivity index (χ2n) is 6.08. The molecule has 0 aromatic heterocycles. The van der Waals surface area contributed by atoms with Gasteiger partial charge in [-0.25, -0.2) is 0 Å². The minimum atomic E-state index is -0.475. The molecule has 0 saturated carbocycles. The smallest absolute Gasteiger partial charge is 0.309 e. The van der Waals surface area contributed by atoms with Crippen LogP contribution in [0.1, 0.15) is 30.1 Å². The van der Waals surface area contributed by atoms with Crippen molar-refractivity contribution in [2.75, 3.05) is 25.4 Å². The molecule has 1 saturated heterocycles. The number of amides is 2. The topological polar surface area (TPSA) is 126 Å². The second-order valence-corrected chi connectivity index (χ2v) is 6.08. The van der Waals surface area contributed by atoms with E-state index in [1.807, 2.05) is 6.07 Å². The van der Waals surface area contributed by atoms with Gasteiger partial charge in [-0.05, 0) is 44.0 Å². The lowest BCUT2D eigenvalue weighted by atomic mass is 9.96. The van der Waals surface area contributed by atoms with Crippen molar-refractivity contribution >= 4 is 23.5 Å². The summed E-state index contributed by atoms with van der Waals surface area (Å²) in [6, 6.07) is 8.08. The Balaban J connectivity index is 1.94. The van der Waals surface area contributed by atoms with E-state index in [4.69, 9.17) is 10.5 Å². The number of anilines is 1. The van der Waals surface area contributed by atoms with Gasteiger partial charge in [-0.15, -0.1) is 0 Å². The third-order valence-corrected chi connectivity index (χ3v) is 4.27. The number of rotatable bonds is 5. The molecule has 0 spiro atoms. The molecule has 1 aromatic carbocycles. The molecule has 0 unspecified atom stereocenters. The molecule has 0 bridgehead atoms. The van der Waals surface area contributed by atoms with Crippen LogP contribution in [0.5, 0.6) is 0 Å². The summed E-state index contributed by atoms with van der Waals surface area (Å²) in [6.45, 7) is 2.78. The molecule has 1 aliphatic heterocycles. The van der Waals surface area contributed by atoms with Gasteiger partial charge in [-0.3, -0.25) is 14.4 Å². The molecule has 1 aromatic rings. The maximum Gasteiger partial charge on any atom is 0.309 e. The molecule has 3 N–H and O–H groups in total. The van der Waals surface area contributed by atoms with Crippen LogP contribution in [0.25, 0.3) is 0 Å². The van der Waals surface area contributed by atoms with Gasteiger partial charge >= 0.3 is 5.97 Å². The number of carbonyl (C=O) groups is 3. The number of carbonyl (C=O) groups excluding carboxylic acids is 3. The Labute approximate surface area is 157 Å². The predicted molar refractivity (Wildman–Crippen MR) is 98.0 cm³/mol. The Morgan fingerprint density at radius 3 is 2.48 bits per heavy atom. The zero-order valence-electron chi connectivity index (χ0n) is 15.1. The minimum absolute atomic E-state index is 0.173. The number of esters is 1. The quantitative estimate of drug-likeness (QED) is 0.347. The number of piperidine rings is 1. The summed E-state index contributed by atoms with van der Waals surface area (Å²) in [5.41, 5.74) is 6.29. The summed E-state index contributed by atoms with van der Waals surface area (Å²) in [5.74, 6) is -1.40. The number of nitrogens with two attached hydrogens (primary N) is 1. The van der Waals surface area contributed by atoms with Crippen LogP contribution in [0.15, 0.2) is 36.0 Å².